The number of benzene rings is 1. The third-order valence-corrected chi connectivity index (χ3v) is 5.13. The van der Waals surface area contributed by atoms with Gasteiger partial charge in [0.1, 0.15) is 0 Å². The van der Waals surface area contributed by atoms with Crippen LogP contribution in [0.3, 0.4) is 0 Å². The molecule has 1 saturated heterocycles. The summed E-state index contributed by atoms with van der Waals surface area (Å²) in [5.41, 5.74) is 1.38. The van der Waals surface area contributed by atoms with Crippen LogP contribution in [0.5, 0.6) is 0 Å². The number of fused-ring (bicyclic) bond motifs is 1. The lowest BCUT2D eigenvalue weighted by atomic mass is 9.80. The van der Waals surface area contributed by atoms with Gasteiger partial charge in [-0.05, 0) is 30.9 Å². The van der Waals surface area contributed by atoms with Gasteiger partial charge in [0.2, 0.25) is 5.91 Å². The van der Waals surface area contributed by atoms with Crippen molar-refractivity contribution >= 4 is 22.8 Å². The second-order valence-electron chi connectivity index (χ2n) is 6.76. The minimum atomic E-state index is -0.895. The SMILES string of the molecule is Cn1cc(CCC(=O)NCC2(C(=O)O)CCOCC2)c2ccccc21. The van der Waals surface area contributed by atoms with E-state index in [1.54, 1.807) is 0 Å². The van der Waals surface area contributed by atoms with Gasteiger partial charge in [-0.15, -0.1) is 0 Å². The summed E-state index contributed by atoms with van der Waals surface area (Å²) >= 11 is 0. The Morgan fingerprint density at radius 2 is 2.00 bits per heavy atom. The second kappa shape index (κ2) is 7.27. The van der Waals surface area contributed by atoms with Gasteiger partial charge in [0.25, 0.3) is 0 Å². The first kappa shape index (κ1) is 17.5. The maximum absolute atomic E-state index is 12.2. The minimum absolute atomic E-state index is 0.111. The first-order valence-electron chi connectivity index (χ1n) is 8.63. The summed E-state index contributed by atoms with van der Waals surface area (Å²) in [5, 5.41) is 13.5. The zero-order valence-corrected chi connectivity index (χ0v) is 14.5. The molecule has 2 aromatic rings. The van der Waals surface area contributed by atoms with Crippen LogP contribution in [0.4, 0.5) is 0 Å². The second-order valence-corrected chi connectivity index (χ2v) is 6.76. The molecule has 1 amide bonds. The maximum atomic E-state index is 12.2. The number of aryl methyl sites for hydroxylation is 2. The predicted molar refractivity (Wildman–Crippen MR) is 94.4 cm³/mol. The molecular formula is C19H24N2O4. The molecule has 25 heavy (non-hydrogen) atoms. The van der Waals surface area contributed by atoms with Crippen LogP contribution in [0.1, 0.15) is 24.8 Å². The number of ether oxygens (including phenoxy) is 1. The zero-order chi connectivity index (χ0) is 17.9. The Kier molecular flexibility index (Phi) is 5.08. The molecule has 0 atom stereocenters. The molecule has 134 valence electrons. The standard InChI is InChI=1S/C19H24N2O4/c1-21-12-14(15-4-2-3-5-16(15)21)6-7-17(22)20-13-19(18(23)24)8-10-25-11-9-19/h2-5,12H,6-11,13H2,1H3,(H,20,22)(H,23,24). The fourth-order valence-corrected chi connectivity index (χ4v) is 3.46. The van der Waals surface area contributed by atoms with E-state index in [2.05, 4.69) is 28.2 Å². The summed E-state index contributed by atoms with van der Waals surface area (Å²) < 4.78 is 7.31. The van der Waals surface area contributed by atoms with Crippen LogP contribution in [-0.4, -0.2) is 41.3 Å². The van der Waals surface area contributed by atoms with Crippen LogP contribution in [0.25, 0.3) is 10.9 Å². The number of hydrogen-bond acceptors (Lipinski definition) is 3. The normalized spacial score (nSPS) is 16.7. The molecule has 1 aromatic carbocycles. The fourth-order valence-electron chi connectivity index (χ4n) is 3.46. The number of rotatable bonds is 6. The molecule has 2 heterocycles. The topological polar surface area (TPSA) is 80.6 Å². The van der Waals surface area contributed by atoms with Crippen LogP contribution >= 0.6 is 0 Å². The largest absolute Gasteiger partial charge is 0.481 e. The van der Waals surface area contributed by atoms with Gasteiger partial charge < -0.3 is 19.7 Å². The lowest BCUT2D eigenvalue weighted by Crippen LogP contribution is -2.46. The molecule has 2 N–H and O–H groups in total. The molecule has 0 radical (unpaired) electrons. The highest BCUT2D eigenvalue weighted by atomic mass is 16.5. The summed E-state index contributed by atoms with van der Waals surface area (Å²) in [4.78, 5) is 23.8. The molecule has 1 aliphatic rings. The van der Waals surface area contributed by atoms with Crippen molar-refractivity contribution in [1.29, 1.82) is 0 Å². The molecule has 0 bridgehead atoms. The van der Waals surface area contributed by atoms with Gasteiger partial charge in [0, 0.05) is 50.3 Å². The molecule has 6 nitrogen and oxygen atoms in total. The number of amides is 1. The van der Waals surface area contributed by atoms with E-state index in [0.29, 0.717) is 38.9 Å². The van der Waals surface area contributed by atoms with Crippen molar-refractivity contribution in [2.24, 2.45) is 12.5 Å². The number of carbonyl (C=O) groups excluding carboxylic acids is 1. The molecule has 3 rings (SSSR count). The van der Waals surface area contributed by atoms with Gasteiger partial charge in [-0.1, -0.05) is 18.2 Å². The van der Waals surface area contributed by atoms with Crippen molar-refractivity contribution in [2.75, 3.05) is 19.8 Å². The summed E-state index contributed by atoms with van der Waals surface area (Å²) in [6.45, 7) is 1.02. The van der Waals surface area contributed by atoms with E-state index < -0.39 is 11.4 Å². The average molecular weight is 344 g/mol. The summed E-state index contributed by atoms with van der Waals surface area (Å²) in [6, 6.07) is 8.11. The Bertz CT molecular complexity index is 775. The van der Waals surface area contributed by atoms with Gasteiger partial charge >= 0.3 is 5.97 Å². The van der Waals surface area contributed by atoms with Crippen molar-refractivity contribution in [3.05, 3.63) is 36.0 Å². The number of para-hydroxylation sites is 1. The van der Waals surface area contributed by atoms with Crippen molar-refractivity contribution in [2.45, 2.75) is 25.7 Å². The number of carboxylic acids is 1. The first-order chi connectivity index (χ1) is 12.0. The number of carbonyl (C=O) groups is 2. The Morgan fingerprint density at radius 3 is 2.72 bits per heavy atom. The molecule has 0 aliphatic carbocycles. The van der Waals surface area contributed by atoms with Crippen LogP contribution in [0, 0.1) is 5.41 Å². The van der Waals surface area contributed by atoms with Gasteiger partial charge in [-0.25, -0.2) is 0 Å². The third-order valence-electron chi connectivity index (χ3n) is 5.13. The first-order valence-corrected chi connectivity index (χ1v) is 8.63. The highest BCUT2D eigenvalue weighted by molar-refractivity contribution is 5.85. The van der Waals surface area contributed by atoms with E-state index in [4.69, 9.17) is 4.74 Å². The number of carboxylic acid groups (broad SMARTS) is 1. The number of aliphatic carboxylic acids is 1. The molecular weight excluding hydrogens is 320 g/mol. The average Bonchev–Trinajstić information content (AvgIpc) is 2.95. The van der Waals surface area contributed by atoms with Gasteiger partial charge in [-0.3, -0.25) is 9.59 Å². The third kappa shape index (κ3) is 3.69. The molecule has 0 saturated carbocycles. The smallest absolute Gasteiger partial charge is 0.311 e. The van der Waals surface area contributed by atoms with E-state index in [0.717, 1.165) is 16.5 Å². The Balaban J connectivity index is 1.58. The van der Waals surface area contributed by atoms with Crippen LogP contribution in [0.15, 0.2) is 30.5 Å². The predicted octanol–water partition coefficient (Wildman–Crippen LogP) is 2.11. The lowest BCUT2D eigenvalue weighted by molar-refractivity contribution is -0.154. The molecule has 6 heteroatoms. The van der Waals surface area contributed by atoms with Crippen molar-refractivity contribution in [1.82, 2.24) is 9.88 Å². The zero-order valence-electron chi connectivity index (χ0n) is 14.5. The molecule has 0 spiro atoms. The van der Waals surface area contributed by atoms with E-state index in [1.165, 1.54) is 0 Å². The Morgan fingerprint density at radius 1 is 1.28 bits per heavy atom. The van der Waals surface area contributed by atoms with Crippen LogP contribution in [0.2, 0.25) is 0 Å². The van der Waals surface area contributed by atoms with Crippen LogP contribution in [-0.2, 0) is 27.8 Å². The lowest BCUT2D eigenvalue weighted by Gasteiger charge is -2.33. The summed E-state index contributed by atoms with van der Waals surface area (Å²) in [7, 11) is 1.99. The highest BCUT2D eigenvalue weighted by Gasteiger charge is 2.40. The van der Waals surface area contributed by atoms with Crippen molar-refractivity contribution in [3.8, 4) is 0 Å². The van der Waals surface area contributed by atoms with Gasteiger partial charge in [-0.2, -0.15) is 0 Å². The fraction of sp³-hybridized carbons (Fsp3) is 0.474. The Hall–Kier alpha value is -2.34. The van der Waals surface area contributed by atoms with Gasteiger partial charge in [0.15, 0.2) is 0 Å². The minimum Gasteiger partial charge on any atom is -0.481 e. The quantitative estimate of drug-likeness (QED) is 0.841. The highest BCUT2D eigenvalue weighted by Crippen LogP contribution is 2.30. The molecule has 1 fully saturated rings. The summed E-state index contributed by atoms with van der Waals surface area (Å²) in [5.74, 6) is -0.967. The van der Waals surface area contributed by atoms with Crippen molar-refractivity contribution < 1.29 is 19.4 Å². The van der Waals surface area contributed by atoms with Crippen LogP contribution < -0.4 is 5.32 Å². The maximum Gasteiger partial charge on any atom is 0.311 e. The Labute approximate surface area is 146 Å². The molecule has 0 unspecified atom stereocenters. The van der Waals surface area contributed by atoms with Crippen molar-refractivity contribution in [3.63, 3.8) is 0 Å². The number of hydrogen-bond donors (Lipinski definition) is 2. The number of nitrogens with one attached hydrogen (secondary N) is 1. The van der Waals surface area contributed by atoms with E-state index >= 15 is 0 Å². The van der Waals surface area contributed by atoms with Gasteiger partial charge in [0.05, 0.1) is 5.41 Å². The number of nitrogens with zero attached hydrogens (tertiary/aromatic N) is 1. The summed E-state index contributed by atoms with van der Waals surface area (Å²) in [6.07, 6.45) is 3.91. The number of aromatic nitrogens is 1. The van der Waals surface area contributed by atoms with E-state index in [9.17, 15) is 14.7 Å². The van der Waals surface area contributed by atoms with E-state index in [-0.39, 0.29) is 12.5 Å². The van der Waals surface area contributed by atoms with E-state index in [1.807, 2.05) is 19.2 Å². The molecule has 1 aliphatic heterocycles. The monoisotopic (exact) mass is 344 g/mol. The molecule has 1 aromatic heterocycles.